The Morgan fingerprint density at radius 1 is 1.38 bits per heavy atom. The van der Waals surface area contributed by atoms with Gasteiger partial charge in [-0.25, -0.2) is 0 Å². The van der Waals surface area contributed by atoms with E-state index in [4.69, 9.17) is 0 Å². The van der Waals surface area contributed by atoms with Crippen molar-refractivity contribution in [3.8, 4) is 0 Å². The summed E-state index contributed by atoms with van der Waals surface area (Å²) in [5.41, 5.74) is 0. The summed E-state index contributed by atoms with van der Waals surface area (Å²) in [4.78, 5) is 14.0. The van der Waals surface area contributed by atoms with Crippen LogP contribution in [0.4, 0.5) is 0 Å². The Morgan fingerprint density at radius 2 is 2.12 bits per heavy atom. The molecule has 0 radical (unpaired) electrons. The minimum atomic E-state index is 0.351. The molecule has 2 rings (SSSR count). The van der Waals surface area contributed by atoms with Gasteiger partial charge >= 0.3 is 0 Å². The van der Waals surface area contributed by atoms with Crippen molar-refractivity contribution >= 4 is 17.7 Å². The highest BCUT2D eigenvalue weighted by atomic mass is 32.2. The van der Waals surface area contributed by atoms with Gasteiger partial charge in [-0.3, -0.25) is 4.79 Å². The molecule has 92 valence electrons. The Labute approximate surface area is 102 Å². The molecule has 2 heterocycles. The molecule has 4 heteroatoms. The minimum absolute atomic E-state index is 0.351. The van der Waals surface area contributed by atoms with Gasteiger partial charge in [0.2, 0.25) is 5.91 Å². The molecule has 0 saturated carbocycles. The van der Waals surface area contributed by atoms with Gasteiger partial charge in [0.05, 0.1) is 5.75 Å². The lowest BCUT2D eigenvalue weighted by atomic mass is 9.99. The van der Waals surface area contributed by atoms with Crippen LogP contribution in [0.3, 0.4) is 0 Å². The highest BCUT2D eigenvalue weighted by Crippen LogP contribution is 2.20. The van der Waals surface area contributed by atoms with Gasteiger partial charge in [0.15, 0.2) is 0 Å². The topological polar surface area (TPSA) is 32.3 Å². The summed E-state index contributed by atoms with van der Waals surface area (Å²) in [6.07, 6.45) is 3.58. The van der Waals surface area contributed by atoms with E-state index in [9.17, 15) is 4.79 Å². The minimum Gasteiger partial charge on any atom is -0.342 e. The van der Waals surface area contributed by atoms with Crippen LogP contribution in [-0.4, -0.2) is 48.0 Å². The first kappa shape index (κ1) is 12.2. The third-order valence-electron chi connectivity index (χ3n) is 3.59. The summed E-state index contributed by atoms with van der Waals surface area (Å²) < 4.78 is 0. The van der Waals surface area contributed by atoms with Gasteiger partial charge in [-0.1, -0.05) is 6.92 Å². The zero-order chi connectivity index (χ0) is 11.4. The molecule has 0 aliphatic carbocycles. The summed E-state index contributed by atoms with van der Waals surface area (Å²) in [6, 6.07) is 0. The second-order valence-electron chi connectivity index (χ2n) is 4.99. The average Bonchev–Trinajstić information content (AvgIpc) is 2.80. The summed E-state index contributed by atoms with van der Waals surface area (Å²) >= 11 is 1.83. The molecule has 0 aromatic carbocycles. The fourth-order valence-electron chi connectivity index (χ4n) is 2.31. The molecule has 2 fully saturated rings. The lowest BCUT2D eigenvalue weighted by molar-refractivity contribution is -0.129. The number of piperidine rings is 1. The van der Waals surface area contributed by atoms with E-state index in [0.717, 1.165) is 32.1 Å². The quantitative estimate of drug-likeness (QED) is 0.810. The van der Waals surface area contributed by atoms with E-state index in [-0.39, 0.29) is 0 Å². The fraction of sp³-hybridized carbons (Fsp3) is 0.917. The van der Waals surface area contributed by atoms with Gasteiger partial charge in [-0.2, -0.15) is 0 Å². The zero-order valence-electron chi connectivity index (χ0n) is 10.1. The smallest absolute Gasteiger partial charge is 0.232 e. The predicted octanol–water partition coefficient (Wildman–Crippen LogP) is 1.34. The maximum absolute atomic E-state index is 11.9. The van der Waals surface area contributed by atoms with E-state index in [1.165, 1.54) is 19.3 Å². The fourth-order valence-corrected chi connectivity index (χ4v) is 3.39. The largest absolute Gasteiger partial charge is 0.342 e. The Hall–Kier alpha value is -0.220. The molecule has 0 aromatic rings. The van der Waals surface area contributed by atoms with Crippen LogP contribution < -0.4 is 5.32 Å². The van der Waals surface area contributed by atoms with Gasteiger partial charge in [0.1, 0.15) is 0 Å². The monoisotopic (exact) mass is 242 g/mol. The van der Waals surface area contributed by atoms with Crippen molar-refractivity contribution in [1.29, 1.82) is 0 Å². The van der Waals surface area contributed by atoms with Crippen LogP contribution in [0.2, 0.25) is 0 Å². The normalized spacial score (nSPS) is 27.3. The Kier molecular flexibility index (Phi) is 4.53. The van der Waals surface area contributed by atoms with Crippen LogP contribution >= 0.6 is 11.8 Å². The van der Waals surface area contributed by atoms with Crippen molar-refractivity contribution in [2.75, 3.05) is 31.9 Å². The van der Waals surface area contributed by atoms with Gasteiger partial charge in [0.25, 0.3) is 0 Å². The first-order valence-electron chi connectivity index (χ1n) is 6.36. The predicted molar refractivity (Wildman–Crippen MR) is 68.7 cm³/mol. The second-order valence-corrected chi connectivity index (χ2v) is 6.28. The SMILES string of the molecule is CC1CCN(C(=O)CSC2CCNC2)CC1. The third-order valence-corrected chi connectivity index (χ3v) is 4.88. The van der Waals surface area contributed by atoms with E-state index in [1.807, 2.05) is 11.8 Å². The number of carbonyl (C=O) groups excluding carboxylic acids is 1. The van der Waals surface area contributed by atoms with E-state index in [1.54, 1.807) is 0 Å². The summed E-state index contributed by atoms with van der Waals surface area (Å²) in [5.74, 6) is 1.83. The van der Waals surface area contributed by atoms with E-state index in [0.29, 0.717) is 16.9 Å². The first-order chi connectivity index (χ1) is 7.75. The van der Waals surface area contributed by atoms with E-state index < -0.39 is 0 Å². The molecule has 2 aliphatic heterocycles. The standard InChI is InChI=1S/C12H22N2OS/c1-10-3-6-14(7-4-10)12(15)9-16-11-2-5-13-8-11/h10-11,13H,2-9H2,1H3. The summed E-state index contributed by atoms with van der Waals surface area (Å²) in [6.45, 7) is 6.43. The van der Waals surface area contributed by atoms with Gasteiger partial charge in [-0.05, 0) is 31.7 Å². The Morgan fingerprint density at radius 3 is 2.75 bits per heavy atom. The van der Waals surface area contributed by atoms with Crippen LogP contribution in [-0.2, 0) is 4.79 Å². The van der Waals surface area contributed by atoms with Gasteiger partial charge in [-0.15, -0.1) is 11.8 Å². The third kappa shape index (κ3) is 3.39. The number of likely N-dealkylation sites (tertiary alicyclic amines) is 1. The van der Waals surface area contributed by atoms with Crippen molar-refractivity contribution in [3.63, 3.8) is 0 Å². The number of rotatable bonds is 3. The molecule has 1 amide bonds. The van der Waals surface area contributed by atoms with Crippen molar-refractivity contribution < 1.29 is 4.79 Å². The molecule has 16 heavy (non-hydrogen) atoms. The van der Waals surface area contributed by atoms with Gasteiger partial charge < -0.3 is 10.2 Å². The lowest BCUT2D eigenvalue weighted by Crippen LogP contribution is -2.39. The number of nitrogens with zero attached hydrogens (tertiary/aromatic N) is 1. The molecule has 2 saturated heterocycles. The lowest BCUT2D eigenvalue weighted by Gasteiger charge is -2.30. The highest BCUT2D eigenvalue weighted by molar-refractivity contribution is 8.00. The van der Waals surface area contributed by atoms with Crippen LogP contribution in [0.5, 0.6) is 0 Å². The highest BCUT2D eigenvalue weighted by Gasteiger charge is 2.22. The van der Waals surface area contributed by atoms with Crippen molar-refractivity contribution in [3.05, 3.63) is 0 Å². The van der Waals surface area contributed by atoms with Crippen molar-refractivity contribution in [2.45, 2.75) is 31.4 Å². The van der Waals surface area contributed by atoms with Gasteiger partial charge in [0, 0.05) is 24.9 Å². The number of nitrogens with one attached hydrogen (secondary N) is 1. The molecular weight excluding hydrogens is 220 g/mol. The molecule has 3 nitrogen and oxygen atoms in total. The number of thioether (sulfide) groups is 1. The number of hydrogen-bond acceptors (Lipinski definition) is 3. The van der Waals surface area contributed by atoms with Crippen LogP contribution in [0.15, 0.2) is 0 Å². The average molecular weight is 242 g/mol. The molecule has 0 bridgehead atoms. The van der Waals surface area contributed by atoms with Crippen molar-refractivity contribution in [2.24, 2.45) is 5.92 Å². The zero-order valence-corrected chi connectivity index (χ0v) is 10.9. The first-order valence-corrected chi connectivity index (χ1v) is 7.40. The van der Waals surface area contributed by atoms with Crippen LogP contribution in [0, 0.1) is 5.92 Å². The molecule has 1 unspecified atom stereocenters. The summed E-state index contributed by atoms with van der Waals surface area (Å²) in [5, 5.41) is 4.00. The molecule has 0 aromatic heterocycles. The van der Waals surface area contributed by atoms with Crippen LogP contribution in [0.1, 0.15) is 26.2 Å². The maximum atomic E-state index is 11.9. The number of hydrogen-bond donors (Lipinski definition) is 1. The van der Waals surface area contributed by atoms with Crippen LogP contribution in [0.25, 0.3) is 0 Å². The number of amides is 1. The Balaban J connectivity index is 1.67. The number of carbonyl (C=O) groups is 1. The van der Waals surface area contributed by atoms with E-state index >= 15 is 0 Å². The maximum Gasteiger partial charge on any atom is 0.232 e. The molecule has 0 spiro atoms. The molecular formula is C12H22N2OS. The summed E-state index contributed by atoms with van der Waals surface area (Å²) in [7, 11) is 0. The van der Waals surface area contributed by atoms with E-state index in [2.05, 4.69) is 17.1 Å². The molecule has 2 aliphatic rings. The Bertz CT molecular complexity index is 233. The van der Waals surface area contributed by atoms with Crippen molar-refractivity contribution in [1.82, 2.24) is 10.2 Å². The molecule has 1 atom stereocenters. The molecule has 1 N–H and O–H groups in total. The second kappa shape index (κ2) is 5.92.